The SMILES string of the molecule is COc1cc(Br)c(C(=O)c2cc(C)ccc2C)c(OC)c1. The predicted molar refractivity (Wildman–Crippen MR) is 86.6 cm³/mol. The number of halogens is 1. The molecule has 3 nitrogen and oxygen atoms in total. The fraction of sp³-hybridized carbons (Fsp3) is 0.235. The van der Waals surface area contributed by atoms with Gasteiger partial charge in [0.2, 0.25) is 0 Å². The minimum absolute atomic E-state index is 0.0671. The molecular formula is C17H17BrO3. The number of rotatable bonds is 4. The molecule has 110 valence electrons. The molecule has 0 aliphatic heterocycles. The third kappa shape index (κ3) is 3.10. The molecule has 0 saturated carbocycles. The highest BCUT2D eigenvalue weighted by Crippen LogP contribution is 2.34. The lowest BCUT2D eigenvalue weighted by molar-refractivity contribution is 0.103. The van der Waals surface area contributed by atoms with Gasteiger partial charge < -0.3 is 9.47 Å². The quantitative estimate of drug-likeness (QED) is 0.772. The van der Waals surface area contributed by atoms with Gasteiger partial charge in [-0.05, 0) is 47.5 Å². The summed E-state index contributed by atoms with van der Waals surface area (Å²) in [6, 6.07) is 9.32. The summed E-state index contributed by atoms with van der Waals surface area (Å²) in [6.45, 7) is 3.90. The van der Waals surface area contributed by atoms with Gasteiger partial charge in [-0.3, -0.25) is 4.79 Å². The first kappa shape index (κ1) is 15.6. The number of aryl methyl sites for hydroxylation is 2. The van der Waals surface area contributed by atoms with Crippen molar-refractivity contribution in [2.75, 3.05) is 14.2 Å². The molecule has 0 N–H and O–H groups in total. The number of hydrogen-bond donors (Lipinski definition) is 0. The number of methoxy groups -OCH3 is 2. The molecule has 0 aliphatic rings. The molecule has 2 aromatic carbocycles. The summed E-state index contributed by atoms with van der Waals surface area (Å²) in [7, 11) is 3.12. The molecule has 0 radical (unpaired) electrons. The minimum Gasteiger partial charge on any atom is -0.497 e. The molecular weight excluding hydrogens is 332 g/mol. The van der Waals surface area contributed by atoms with Crippen molar-refractivity contribution in [1.82, 2.24) is 0 Å². The molecule has 0 heterocycles. The number of ether oxygens (including phenoxy) is 2. The Kier molecular flexibility index (Phi) is 4.68. The summed E-state index contributed by atoms with van der Waals surface area (Å²) >= 11 is 3.44. The second kappa shape index (κ2) is 6.31. The van der Waals surface area contributed by atoms with Crippen molar-refractivity contribution >= 4 is 21.7 Å². The van der Waals surface area contributed by atoms with Gasteiger partial charge in [0.15, 0.2) is 5.78 Å². The minimum atomic E-state index is -0.0671. The Bertz CT molecular complexity index is 693. The Labute approximate surface area is 133 Å². The normalized spacial score (nSPS) is 10.3. The molecule has 0 bridgehead atoms. The van der Waals surface area contributed by atoms with Gasteiger partial charge in [-0.25, -0.2) is 0 Å². The van der Waals surface area contributed by atoms with Crippen molar-refractivity contribution < 1.29 is 14.3 Å². The van der Waals surface area contributed by atoms with Crippen molar-refractivity contribution in [3.8, 4) is 11.5 Å². The number of carbonyl (C=O) groups excluding carboxylic acids is 1. The second-order valence-electron chi connectivity index (χ2n) is 4.83. The average Bonchev–Trinajstić information content (AvgIpc) is 2.48. The van der Waals surface area contributed by atoms with E-state index in [0.717, 1.165) is 11.1 Å². The van der Waals surface area contributed by atoms with Crippen LogP contribution >= 0.6 is 15.9 Å². The van der Waals surface area contributed by atoms with E-state index in [0.29, 0.717) is 27.1 Å². The van der Waals surface area contributed by atoms with Crippen molar-refractivity contribution in [2.24, 2.45) is 0 Å². The topological polar surface area (TPSA) is 35.5 Å². The van der Waals surface area contributed by atoms with Crippen LogP contribution in [-0.2, 0) is 0 Å². The monoisotopic (exact) mass is 348 g/mol. The van der Waals surface area contributed by atoms with Crippen LogP contribution in [0.15, 0.2) is 34.8 Å². The third-order valence-electron chi connectivity index (χ3n) is 3.35. The number of carbonyl (C=O) groups is 1. The molecule has 4 heteroatoms. The van der Waals surface area contributed by atoms with Crippen LogP contribution in [0.25, 0.3) is 0 Å². The molecule has 0 amide bonds. The van der Waals surface area contributed by atoms with E-state index in [1.807, 2.05) is 32.0 Å². The van der Waals surface area contributed by atoms with Crippen LogP contribution in [0.3, 0.4) is 0 Å². The fourth-order valence-corrected chi connectivity index (χ4v) is 2.77. The largest absolute Gasteiger partial charge is 0.497 e. The lowest BCUT2D eigenvalue weighted by atomic mass is 9.96. The first-order valence-corrected chi connectivity index (χ1v) is 7.30. The van der Waals surface area contributed by atoms with Crippen LogP contribution in [0.4, 0.5) is 0 Å². The molecule has 0 saturated heterocycles. The highest BCUT2D eigenvalue weighted by atomic mass is 79.9. The van der Waals surface area contributed by atoms with Gasteiger partial charge in [-0.2, -0.15) is 0 Å². The van der Waals surface area contributed by atoms with Gasteiger partial charge in [0.25, 0.3) is 0 Å². The predicted octanol–water partition coefficient (Wildman–Crippen LogP) is 4.31. The van der Waals surface area contributed by atoms with E-state index in [1.54, 1.807) is 26.4 Å². The molecule has 0 aromatic heterocycles. The van der Waals surface area contributed by atoms with E-state index in [1.165, 1.54) is 0 Å². The Morgan fingerprint density at radius 1 is 1.05 bits per heavy atom. The Morgan fingerprint density at radius 2 is 1.76 bits per heavy atom. The number of hydrogen-bond acceptors (Lipinski definition) is 3. The van der Waals surface area contributed by atoms with Crippen molar-refractivity contribution in [1.29, 1.82) is 0 Å². The first-order chi connectivity index (χ1) is 9.97. The number of benzene rings is 2. The van der Waals surface area contributed by atoms with Crippen LogP contribution in [0, 0.1) is 13.8 Å². The Balaban J connectivity index is 2.60. The van der Waals surface area contributed by atoms with Crippen LogP contribution in [0.2, 0.25) is 0 Å². The van der Waals surface area contributed by atoms with Gasteiger partial charge in [-0.15, -0.1) is 0 Å². The van der Waals surface area contributed by atoms with Crippen molar-refractivity contribution in [2.45, 2.75) is 13.8 Å². The van der Waals surface area contributed by atoms with E-state index in [-0.39, 0.29) is 5.78 Å². The van der Waals surface area contributed by atoms with E-state index >= 15 is 0 Å². The van der Waals surface area contributed by atoms with Crippen LogP contribution in [0.5, 0.6) is 11.5 Å². The molecule has 2 aromatic rings. The van der Waals surface area contributed by atoms with Crippen molar-refractivity contribution in [3.63, 3.8) is 0 Å². The Morgan fingerprint density at radius 3 is 2.38 bits per heavy atom. The standard InChI is InChI=1S/C17H17BrO3/c1-10-5-6-11(2)13(7-10)17(19)16-14(18)8-12(20-3)9-15(16)21-4/h5-9H,1-4H3. The number of ketones is 1. The summed E-state index contributed by atoms with van der Waals surface area (Å²) in [6.07, 6.45) is 0. The maximum absolute atomic E-state index is 12.9. The summed E-state index contributed by atoms with van der Waals surface area (Å²) in [5.41, 5.74) is 3.18. The zero-order chi connectivity index (χ0) is 15.6. The van der Waals surface area contributed by atoms with Gasteiger partial charge in [-0.1, -0.05) is 17.7 Å². The fourth-order valence-electron chi connectivity index (χ4n) is 2.17. The highest BCUT2D eigenvalue weighted by molar-refractivity contribution is 9.10. The van der Waals surface area contributed by atoms with Gasteiger partial charge in [0.1, 0.15) is 11.5 Å². The average molecular weight is 349 g/mol. The molecule has 21 heavy (non-hydrogen) atoms. The molecule has 0 spiro atoms. The summed E-state index contributed by atoms with van der Waals surface area (Å²) in [5, 5.41) is 0. The van der Waals surface area contributed by atoms with Crippen molar-refractivity contribution in [3.05, 3.63) is 57.1 Å². The lowest BCUT2D eigenvalue weighted by Gasteiger charge is -2.13. The van der Waals surface area contributed by atoms with Gasteiger partial charge in [0.05, 0.1) is 19.8 Å². The maximum atomic E-state index is 12.9. The van der Waals surface area contributed by atoms with E-state index < -0.39 is 0 Å². The Hall–Kier alpha value is -1.81. The summed E-state index contributed by atoms with van der Waals surface area (Å²) in [5.74, 6) is 1.06. The molecule has 0 unspecified atom stereocenters. The van der Waals surface area contributed by atoms with E-state index in [9.17, 15) is 4.79 Å². The summed E-state index contributed by atoms with van der Waals surface area (Å²) in [4.78, 5) is 12.9. The van der Waals surface area contributed by atoms with E-state index in [4.69, 9.17) is 9.47 Å². The van der Waals surface area contributed by atoms with E-state index in [2.05, 4.69) is 15.9 Å². The third-order valence-corrected chi connectivity index (χ3v) is 3.97. The molecule has 0 atom stereocenters. The second-order valence-corrected chi connectivity index (χ2v) is 5.69. The maximum Gasteiger partial charge on any atom is 0.198 e. The lowest BCUT2D eigenvalue weighted by Crippen LogP contribution is -2.07. The first-order valence-electron chi connectivity index (χ1n) is 6.51. The van der Waals surface area contributed by atoms with Crippen LogP contribution < -0.4 is 9.47 Å². The van der Waals surface area contributed by atoms with Crippen LogP contribution in [-0.4, -0.2) is 20.0 Å². The van der Waals surface area contributed by atoms with Crippen LogP contribution in [0.1, 0.15) is 27.0 Å². The molecule has 0 fully saturated rings. The smallest absolute Gasteiger partial charge is 0.198 e. The molecule has 2 rings (SSSR count). The zero-order valence-corrected chi connectivity index (χ0v) is 14.1. The zero-order valence-electron chi connectivity index (χ0n) is 12.5. The molecule has 0 aliphatic carbocycles. The van der Waals surface area contributed by atoms with Gasteiger partial charge in [0, 0.05) is 16.1 Å². The highest BCUT2D eigenvalue weighted by Gasteiger charge is 2.21. The summed E-state index contributed by atoms with van der Waals surface area (Å²) < 4.78 is 11.2. The van der Waals surface area contributed by atoms with Gasteiger partial charge >= 0.3 is 0 Å².